The van der Waals surface area contributed by atoms with E-state index in [1.165, 1.54) is 0 Å². The molecule has 2 rings (SSSR count). The molecule has 0 aliphatic carbocycles. The van der Waals surface area contributed by atoms with Crippen molar-refractivity contribution in [2.75, 3.05) is 0 Å². The summed E-state index contributed by atoms with van der Waals surface area (Å²) in [7, 11) is 1.85. The molecule has 124 valence electrons. The Morgan fingerprint density at radius 1 is 1.22 bits per heavy atom. The van der Waals surface area contributed by atoms with Gasteiger partial charge in [-0.3, -0.25) is 9.48 Å². The fourth-order valence-corrected chi connectivity index (χ4v) is 2.29. The third kappa shape index (κ3) is 4.93. The second-order valence-electron chi connectivity index (χ2n) is 6.70. The van der Waals surface area contributed by atoms with Crippen molar-refractivity contribution in [2.45, 2.75) is 45.4 Å². The molecule has 0 radical (unpaired) electrons. The number of aryl methyl sites for hydroxylation is 1. The summed E-state index contributed by atoms with van der Waals surface area (Å²) in [6.07, 6.45) is 3.01. The van der Waals surface area contributed by atoms with Crippen LogP contribution in [0.15, 0.2) is 42.7 Å². The average Bonchev–Trinajstić information content (AvgIpc) is 2.91. The number of benzene rings is 1. The van der Waals surface area contributed by atoms with Gasteiger partial charge in [-0.05, 0) is 33.3 Å². The largest absolute Gasteiger partial charge is 0.358 e. The van der Waals surface area contributed by atoms with Gasteiger partial charge in [-0.2, -0.15) is 5.10 Å². The fourth-order valence-electron chi connectivity index (χ4n) is 2.29. The summed E-state index contributed by atoms with van der Waals surface area (Å²) in [6.45, 7) is 7.77. The Morgan fingerprint density at radius 3 is 2.39 bits per heavy atom. The monoisotopic (exact) mass is 315 g/mol. The highest BCUT2D eigenvalue weighted by atomic mass is 16.5. The van der Waals surface area contributed by atoms with Crippen molar-refractivity contribution >= 4 is 5.91 Å². The highest BCUT2D eigenvalue weighted by molar-refractivity contribution is 5.82. The molecule has 0 saturated carbocycles. The number of aromatic nitrogens is 2. The molecule has 5 heteroatoms. The molecule has 0 aliphatic heterocycles. The van der Waals surface area contributed by atoms with Crippen molar-refractivity contribution in [3.05, 3.63) is 53.9 Å². The van der Waals surface area contributed by atoms with Crippen LogP contribution in [0, 0.1) is 0 Å². The van der Waals surface area contributed by atoms with Crippen LogP contribution in [0.25, 0.3) is 0 Å². The van der Waals surface area contributed by atoms with Crippen LogP contribution in [-0.2, 0) is 16.6 Å². The Morgan fingerprint density at radius 2 is 1.87 bits per heavy atom. The lowest BCUT2D eigenvalue weighted by atomic mass is 10.1. The van der Waals surface area contributed by atoms with Gasteiger partial charge in [0.2, 0.25) is 0 Å². The summed E-state index contributed by atoms with van der Waals surface area (Å²) in [6, 6.07) is 9.42. The van der Waals surface area contributed by atoms with Gasteiger partial charge in [-0.15, -0.1) is 0 Å². The number of ether oxygens (including phenoxy) is 1. The van der Waals surface area contributed by atoms with E-state index < -0.39 is 11.7 Å². The van der Waals surface area contributed by atoms with E-state index >= 15 is 0 Å². The first-order chi connectivity index (χ1) is 10.8. The number of hydrogen-bond donors (Lipinski definition) is 1. The van der Waals surface area contributed by atoms with E-state index in [2.05, 4.69) is 10.4 Å². The van der Waals surface area contributed by atoms with Crippen molar-refractivity contribution in [3.63, 3.8) is 0 Å². The van der Waals surface area contributed by atoms with Gasteiger partial charge in [0.15, 0.2) is 6.10 Å². The molecule has 1 amide bonds. The first kappa shape index (κ1) is 17.2. The highest BCUT2D eigenvalue weighted by Gasteiger charge is 2.28. The van der Waals surface area contributed by atoms with Crippen molar-refractivity contribution in [1.29, 1.82) is 0 Å². The molecule has 0 bridgehead atoms. The highest BCUT2D eigenvalue weighted by Crippen LogP contribution is 2.25. The number of hydrogen-bond acceptors (Lipinski definition) is 3. The Bertz CT molecular complexity index is 644. The van der Waals surface area contributed by atoms with Crippen LogP contribution in [0.1, 0.15) is 51.0 Å². The van der Waals surface area contributed by atoms with Crippen LogP contribution < -0.4 is 5.32 Å². The second-order valence-corrected chi connectivity index (χ2v) is 6.70. The third-order valence-electron chi connectivity index (χ3n) is 3.40. The molecular weight excluding hydrogens is 290 g/mol. The quantitative estimate of drug-likeness (QED) is 0.922. The first-order valence-corrected chi connectivity index (χ1v) is 7.78. The fraction of sp³-hybridized carbons (Fsp3) is 0.444. The van der Waals surface area contributed by atoms with Crippen molar-refractivity contribution in [1.82, 2.24) is 15.1 Å². The minimum Gasteiger partial charge on any atom is -0.358 e. The Balaban J connectivity index is 2.16. The van der Waals surface area contributed by atoms with Gasteiger partial charge in [0.05, 0.1) is 17.8 Å². The smallest absolute Gasteiger partial charge is 0.254 e. The number of carbonyl (C=O) groups is 1. The van der Waals surface area contributed by atoms with Gasteiger partial charge in [0.25, 0.3) is 5.91 Å². The molecular formula is C18H25N3O2. The maximum absolute atomic E-state index is 12.7. The van der Waals surface area contributed by atoms with Crippen LogP contribution in [0.5, 0.6) is 0 Å². The molecule has 1 aromatic heterocycles. The zero-order valence-electron chi connectivity index (χ0n) is 14.4. The summed E-state index contributed by atoms with van der Waals surface area (Å²) >= 11 is 0. The van der Waals surface area contributed by atoms with E-state index in [0.29, 0.717) is 0 Å². The van der Waals surface area contributed by atoms with Gasteiger partial charge in [0, 0.05) is 18.8 Å². The van der Waals surface area contributed by atoms with Crippen LogP contribution >= 0.6 is 0 Å². The summed E-state index contributed by atoms with van der Waals surface area (Å²) in [5.74, 6) is -0.150. The van der Waals surface area contributed by atoms with E-state index in [1.54, 1.807) is 10.9 Å². The maximum atomic E-state index is 12.7. The number of nitrogens with one attached hydrogen (secondary N) is 1. The van der Waals surface area contributed by atoms with E-state index in [4.69, 9.17) is 4.74 Å². The summed E-state index contributed by atoms with van der Waals surface area (Å²) < 4.78 is 7.72. The van der Waals surface area contributed by atoms with E-state index in [9.17, 15) is 4.79 Å². The van der Waals surface area contributed by atoms with E-state index in [-0.39, 0.29) is 11.9 Å². The lowest BCUT2D eigenvalue weighted by molar-refractivity contribution is -0.144. The molecule has 2 atom stereocenters. The molecule has 0 aliphatic rings. The number of carbonyl (C=O) groups excluding carboxylic acids is 1. The molecule has 2 aromatic rings. The molecule has 0 spiro atoms. The SMILES string of the molecule is C[C@@H](NC(=O)[C@H](OC(C)(C)C)c1ccccc1)c1cnn(C)c1. The predicted molar refractivity (Wildman–Crippen MR) is 89.8 cm³/mol. The van der Waals surface area contributed by atoms with E-state index in [1.807, 2.05) is 71.3 Å². The molecule has 1 N–H and O–H groups in total. The average molecular weight is 315 g/mol. The van der Waals surface area contributed by atoms with Crippen LogP contribution in [0.2, 0.25) is 0 Å². The lowest BCUT2D eigenvalue weighted by Crippen LogP contribution is -2.36. The third-order valence-corrected chi connectivity index (χ3v) is 3.40. The Kier molecular flexibility index (Phi) is 5.21. The van der Waals surface area contributed by atoms with Gasteiger partial charge in [-0.1, -0.05) is 30.3 Å². The predicted octanol–water partition coefficient (Wildman–Crippen LogP) is 3.15. The second kappa shape index (κ2) is 6.96. The van der Waals surface area contributed by atoms with Crippen molar-refractivity contribution in [3.8, 4) is 0 Å². The normalized spacial score (nSPS) is 14.3. The zero-order valence-corrected chi connectivity index (χ0v) is 14.4. The molecule has 1 heterocycles. The summed E-state index contributed by atoms with van der Waals surface area (Å²) in [5, 5.41) is 7.15. The van der Waals surface area contributed by atoms with Gasteiger partial charge >= 0.3 is 0 Å². The first-order valence-electron chi connectivity index (χ1n) is 7.78. The van der Waals surface area contributed by atoms with Gasteiger partial charge < -0.3 is 10.1 Å². The number of rotatable bonds is 5. The minimum atomic E-state index is -0.643. The molecule has 23 heavy (non-hydrogen) atoms. The van der Waals surface area contributed by atoms with Gasteiger partial charge in [-0.25, -0.2) is 0 Å². The Hall–Kier alpha value is -2.14. The number of amides is 1. The van der Waals surface area contributed by atoms with Crippen LogP contribution in [-0.4, -0.2) is 21.3 Å². The van der Waals surface area contributed by atoms with Crippen LogP contribution in [0.3, 0.4) is 0 Å². The van der Waals surface area contributed by atoms with Gasteiger partial charge in [0.1, 0.15) is 0 Å². The summed E-state index contributed by atoms with van der Waals surface area (Å²) in [5.41, 5.74) is 1.39. The zero-order chi connectivity index (χ0) is 17.0. The molecule has 0 saturated heterocycles. The van der Waals surface area contributed by atoms with Crippen molar-refractivity contribution in [2.24, 2.45) is 7.05 Å². The van der Waals surface area contributed by atoms with E-state index in [0.717, 1.165) is 11.1 Å². The molecule has 5 nitrogen and oxygen atoms in total. The standard InChI is InChI=1S/C18H25N3O2/c1-13(15-11-19-21(5)12-15)20-17(22)16(23-18(2,3)4)14-9-7-6-8-10-14/h6-13,16H,1-5H3,(H,20,22)/t13-,16-/m1/s1. The number of nitrogens with zero attached hydrogens (tertiary/aromatic N) is 2. The molecule has 1 aromatic carbocycles. The molecule has 0 unspecified atom stereocenters. The lowest BCUT2D eigenvalue weighted by Gasteiger charge is -2.28. The Labute approximate surface area is 137 Å². The van der Waals surface area contributed by atoms with Crippen molar-refractivity contribution < 1.29 is 9.53 Å². The maximum Gasteiger partial charge on any atom is 0.254 e. The topological polar surface area (TPSA) is 56.1 Å². The minimum absolute atomic E-state index is 0.133. The summed E-state index contributed by atoms with van der Waals surface area (Å²) in [4.78, 5) is 12.7. The van der Waals surface area contributed by atoms with Crippen LogP contribution in [0.4, 0.5) is 0 Å². The molecule has 0 fully saturated rings.